The Labute approximate surface area is 166 Å². The topological polar surface area (TPSA) is 34.0 Å². The van der Waals surface area contributed by atoms with Crippen molar-refractivity contribution in [3.05, 3.63) is 28.4 Å². The maximum Gasteiger partial charge on any atom is 0.339 e. The van der Waals surface area contributed by atoms with Gasteiger partial charge in [0.25, 0.3) is 0 Å². The Morgan fingerprint density at radius 2 is 1.95 bits per heavy atom. The summed E-state index contributed by atoms with van der Waals surface area (Å²) in [5, 5.41) is 0. The van der Waals surface area contributed by atoms with Gasteiger partial charge in [-0.3, -0.25) is 4.90 Å². The molecule has 0 unspecified atom stereocenters. The zero-order valence-corrected chi connectivity index (χ0v) is 18.3. The third-order valence-electron chi connectivity index (χ3n) is 3.60. The lowest BCUT2D eigenvalue weighted by molar-refractivity contribution is -0.904. The number of esters is 1. The Hall–Kier alpha value is 0.800. The molecule has 0 bridgehead atoms. The Morgan fingerprint density at radius 3 is 2.62 bits per heavy atom. The molecule has 4 nitrogen and oxygen atoms in total. The van der Waals surface area contributed by atoms with E-state index in [0.717, 1.165) is 43.4 Å². The largest absolute Gasteiger partial charge is 0.456 e. The maximum absolute atomic E-state index is 12.2. The van der Waals surface area contributed by atoms with Crippen molar-refractivity contribution >= 4 is 73.7 Å². The molecule has 116 valence electrons. The van der Waals surface area contributed by atoms with Gasteiger partial charge in [0.2, 0.25) is 0 Å². The summed E-state index contributed by atoms with van der Waals surface area (Å²) in [6.07, 6.45) is 0. The van der Waals surface area contributed by atoms with Crippen LogP contribution in [0.1, 0.15) is 10.4 Å². The molecule has 1 aromatic carbocycles. The van der Waals surface area contributed by atoms with Crippen LogP contribution in [0.3, 0.4) is 0 Å². The first-order valence-electron chi connectivity index (χ1n) is 6.81. The molecule has 0 atom stereocenters. The molecule has 0 amide bonds. The first kappa shape index (κ1) is 18.1. The highest BCUT2D eigenvalue weighted by Crippen LogP contribution is 2.23. The minimum atomic E-state index is -0.204. The lowest BCUT2D eigenvalue weighted by atomic mass is 10.2. The van der Waals surface area contributed by atoms with Gasteiger partial charge in [-0.1, -0.05) is 0 Å². The first-order valence-corrected chi connectivity index (χ1v) is 10.0. The van der Waals surface area contributed by atoms with Crippen LogP contribution in [-0.4, -0.2) is 57.2 Å². The summed E-state index contributed by atoms with van der Waals surface area (Å²) in [6, 6.07) is 3.96. The van der Waals surface area contributed by atoms with Crippen molar-refractivity contribution in [2.45, 2.75) is 0 Å². The first-order chi connectivity index (χ1) is 9.97. The molecule has 0 spiro atoms. The van der Waals surface area contributed by atoms with Crippen molar-refractivity contribution in [3.8, 4) is 0 Å². The lowest BCUT2D eigenvalue weighted by Gasteiger charge is -2.29. The molecule has 1 fully saturated rings. The molecule has 0 aromatic heterocycles. The van der Waals surface area contributed by atoms with E-state index in [9.17, 15) is 4.79 Å². The smallest absolute Gasteiger partial charge is 0.339 e. The van der Waals surface area contributed by atoms with E-state index < -0.39 is 0 Å². The van der Waals surface area contributed by atoms with Crippen molar-refractivity contribution in [2.75, 3.05) is 46.4 Å². The van der Waals surface area contributed by atoms with E-state index in [1.165, 1.54) is 4.90 Å². The number of likely N-dealkylation sites (N-methyl/N-ethyl adjacent to an activating group) is 1. The van der Waals surface area contributed by atoms with Gasteiger partial charge in [-0.15, -0.1) is 0 Å². The van der Waals surface area contributed by atoms with Crippen LogP contribution in [0.25, 0.3) is 0 Å². The van der Waals surface area contributed by atoms with Crippen molar-refractivity contribution in [3.63, 3.8) is 0 Å². The lowest BCUT2D eigenvalue weighted by Crippen LogP contribution is -3.15. The van der Waals surface area contributed by atoms with Gasteiger partial charge in [-0.2, -0.15) is 0 Å². The fraction of sp³-hybridized carbons (Fsp3) is 0.500. The molecule has 0 saturated carbocycles. The number of ether oxygens (including phenoxy) is 1. The molecule has 1 N–H and O–H groups in total. The van der Waals surface area contributed by atoms with Gasteiger partial charge in [0, 0.05) is 23.8 Å². The molecule has 21 heavy (non-hydrogen) atoms. The van der Waals surface area contributed by atoms with Crippen LogP contribution in [0.4, 0.5) is 0 Å². The Morgan fingerprint density at radius 1 is 1.29 bits per heavy atom. The van der Waals surface area contributed by atoms with Gasteiger partial charge < -0.3 is 9.64 Å². The van der Waals surface area contributed by atoms with E-state index in [1.54, 1.807) is 0 Å². The Kier molecular flexibility index (Phi) is 7.43. The van der Waals surface area contributed by atoms with E-state index in [4.69, 9.17) is 4.74 Å². The number of benzene rings is 1. The number of nitrogens with zero attached hydrogens (tertiary/aromatic N) is 1. The third-order valence-corrected chi connectivity index (χ3v) is 7.26. The van der Waals surface area contributed by atoms with Crippen LogP contribution < -0.4 is 4.90 Å². The molecule has 1 saturated heterocycles. The van der Waals surface area contributed by atoms with Crippen molar-refractivity contribution < 1.29 is 14.4 Å². The van der Waals surface area contributed by atoms with Crippen LogP contribution in [0.15, 0.2) is 12.1 Å². The summed E-state index contributed by atoms with van der Waals surface area (Å²) in [7, 11) is 2.15. The number of nitrogens with one attached hydrogen (secondary N) is 1. The Bertz CT molecular complexity index is 517. The molecule has 2 rings (SSSR count). The summed E-state index contributed by atoms with van der Waals surface area (Å²) in [5.74, 6) is -0.204. The fourth-order valence-corrected chi connectivity index (χ4v) is 4.63. The summed E-state index contributed by atoms with van der Waals surface area (Å²) in [5.41, 5.74) is 0.681. The van der Waals surface area contributed by atoms with Crippen molar-refractivity contribution in [2.24, 2.45) is 0 Å². The van der Waals surface area contributed by atoms with Crippen LogP contribution in [-0.2, 0) is 4.74 Å². The zero-order valence-electron chi connectivity index (χ0n) is 11.8. The second kappa shape index (κ2) is 8.60. The highest BCUT2D eigenvalue weighted by Gasteiger charge is 2.19. The molecule has 1 aliphatic heterocycles. The second-order valence-corrected chi connectivity index (χ2v) is 8.67. The number of quaternary nitrogens is 1. The summed E-state index contributed by atoms with van der Waals surface area (Å²) in [6.45, 7) is 5.90. The number of piperazine rings is 1. The predicted molar refractivity (Wildman–Crippen MR) is 108 cm³/mol. The second-order valence-electron chi connectivity index (χ2n) is 5.19. The molecule has 1 aromatic rings. The average Bonchev–Trinajstić information content (AvgIpc) is 2.44. The third kappa shape index (κ3) is 5.43. The quantitative estimate of drug-likeness (QED) is 0.313. The summed E-state index contributed by atoms with van der Waals surface area (Å²) < 4.78 is 8.60. The summed E-state index contributed by atoms with van der Waals surface area (Å²) >= 11 is 6.70. The van der Waals surface area contributed by atoms with E-state index in [2.05, 4.69) is 85.8 Å². The molecule has 1 aliphatic rings. The standard InChI is InChI=1S/C14H17I3N2O2/c1-18-2-4-19(5-3-18)6-7-21-14(20)11-8-10(15)9-12(16)13(11)17/h8-9H,2-7H2,1H3/p+1. The number of carbonyl (C=O) groups is 1. The number of rotatable bonds is 4. The summed E-state index contributed by atoms with van der Waals surface area (Å²) in [4.78, 5) is 16.1. The zero-order chi connectivity index (χ0) is 15.4. The monoisotopic (exact) mass is 627 g/mol. The number of halogens is 3. The maximum atomic E-state index is 12.2. The average molecular weight is 627 g/mol. The van der Waals surface area contributed by atoms with Crippen molar-refractivity contribution in [1.29, 1.82) is 0 Å². The van der Waals surface area contributed by atoms with Crippen LogP contribution >= 0.6 is 67.8 Å². The van der Waals surface area contributed by atoms with Gasteiger partial charge in [-0.25, -0.2) is 4.79 Å². The van der Waals surface area contributed by atoms with E-state index in [1.807, 2.05) is 6.07 Å². The predicted octanol–water partition coefficient (Wildman–Crippen LogP) is 1.49. The van der Waals surface area contributed by atoms with Gasteiger partial charge in [0.05, 0.1) is 18.7 Å². The fourth-order valence-electron chi connectivity index (χ4n) is 2.26. The highest BCUT2D eigenvalue weighted by atomic mass is 127. The van der Waals surface area contributed by atoms with Gasteiger partial charge in [0.15, 0.2) is 0 Å². The van der Waals surface area contributed by atoms with Crippen molar-refractivity contribution in [1.82, 2.24) is 4.90 Å². The molecule has 0 aliphatic carbocycles. The van der Waals surface area contributed by atoms with Gasteiger partial charge in [0.1, 0.15) is 13.2 Å². The Balaban J connectivity index is 1.85. The van der Waals surface area contributed by atoms with E-state index >= 15 is 0 Å². The minimum absolute atomic E-state index is 0.204. The molecular weight excluding hydrogens is 609 g/mol. The normalized spacial score (nSPS) is 17.0. The highest BCUT2D eigenvalue weighted by molar-refractivity contribution is 14.1. The van der Waals surface area contributed by atoms with Gasteiger partial charge >= 0.3 is 5.97 Å². The number of carbonyl (C=O) groups excluding carboxylic acids is 1. The minimum Gasteiger partial charge on any atom is -0.456 e. The van der Waals surface area contributed by atoms with Crippen LogP contribution in [0.5, 0.6) is 0 Å². The number of hydrogen-bond donors (Lipinski definition) is 1. The molecule has 7 heteroatoms. The SMILES string of the molecule is CN1CC[NH+](CCOC(=O)c2cc(I)cc(I)c2I)CC1. The van der Waals surface area contributed by atoms with Gasteiger partial charge in [-0.05, 0) is 87.0 Å². The van der Waals surface area contributed by atoms with Crippen LogP contribution in [0.2, 0.25) is 0 Å². The van der Waals surface area contributed by atoms with E-state index in [-0.39, 0.29) is 5.97 Å². The number of hydrogen-bond acceptors (Lipinski definition) is 3. The molecule has 0 radical (unpaired) electrons. The molecular formula is C14H18I3N2O2+. The van der Waals surface area contributed by atoms with Crippen LogP contribution in [0, 0.1) is 10.7 Å². The van der Waals surface area contributed by atoms with E-state index in [0.29, 0.717) is 12.2 Å². The molecule has 1 heterocycles.